The molecule has 140 valence electrons. The van der Waals surface area contributed by atoms with E-state index in [0.717, 1.165) is 41.5 Å². The van der Waals surface area contributed by atoms with Gasteiger partial charge in [-0.25, -0.2) is 4.98 Å². The fourth-order valence-corrected chi connectivity index (χ4v) is 3.84. The third-order valence-electron chi connectivity index (χ3n) is 5.27. The van der Waals surface area contributed by atoms with E-state index >= 15 is 0 Å². The van der Waals surface area contributed by atoms with E-state index in [4.69, 9.17) is 5.73 Å². The summed E-state index contributed by atoms with van der Waals surface area (Å²) in [5.74, 6) is 0.195. The first-order valence-corrected chi connectivity index (χ1v) is 9.01. The highest BCUT2D eigenvalue weighted by atomic mass is 16.3. The Morgan fingerprint density at radius 1 is 1.37 bits per heavy atom. The van der Waals surface area contributed by atoms with Crippen molar-refractivity contribution in [1.29, 1.82) is 0 Å². The molecule has 2 aromatic heterocycles. The second kappa shape index (κ2) is 6.44. The van der Waals surface area contributed by atoms with Crippen molar-refractivity contribution < 1.29 is 9.90 Å². The summed E-state index contributed by atoms with van der Waals surface area (Å²) in [6.07, 6.45) is 1.82. The van der Waals surface area contributed by atoms with E-state index in [0.29, 0.717) is 17.9 Å². The molecular formula is C20H23N5O2. The molecule has 0 radical (unpaired) electrons. The van der Waals surface area contributed by atoms with Gasteiger partial charge in [0.05, 0.1) is 11.7 Å². The van der Waals surface area contributed by atoms with Crippen LogP contribution in [0.1, 0.15) is 30.6 Å². The Kier molecular flexibility index (Phi) is 4.20. The Morgan fingerprint density at radius 2 is 2.11 bits per heavy atom. The molecule has 1 saturated heterocycles. The SMILES string of the molecule is Cc1[nH]nc2nc(-c3ccc(O)cc3)cc(C(C=O)N3CCC(C)(N)C3)c12. The molecular weight excluding hydrogens is 342 g/mol. The summed E-state index contributed by atoms with van der Waals surface area (Å²) in [7, 11) is 0. The zero-order valence-corrected chi connectivity index (χ0v) is 15.4. The quantitative estimate of drug-likeness (QED) is 0.612. The number of hydrogen-bond acceptors (Lipinski definition) is 6. The van der Waals surface area contributed by atoms with Crippen LogP contribution in [0.15, 0.2) is 30.3 Å². The van der Waals surface area contributed by atoms with Crippen LogP contribution >= 0.6 is 0 Å². The second-order valence-electron chi connectivity index (χ2n) is 7.65. The minimum atomic E-state index is -0.409. The first-order valence-electron chi connectivity index (χ1n) is 9.01. The average Bonchev–Trinajstić information content (AvgIpc) is 3.19. The first kappa shape index (κ1) is 17.6. The van der Waals surface area contributed by atoms with Gasteiger partial charge in [-0.05, 0) is 56.2 Å². The largest absolute Gasteiger partial charge is 0.508 e. The van der Waals surface area contributed by atoms with Gasteiger partial charge in [0.15, 0.2) is 5.65 Å². The zero-order chi connectivity index (χ0) is 19.2. The fraction of sp³-hybridized carbons (Fsp3) is 0.350. The molecule has 7 nitrogen and oxygen atoms in total. The van der Waals surface area contributed by atoms with Crippen LogP contribution < -0.4 is 5.73 Å². The summed E-state index contributed by atoms with van der Waals surface area (Å²) < 4.78 is 0. The number of aldehydes is 1. The lowest BCUT2D eigenvalue weighted by Crippen LogP contribution is -2.40. The smallest absolute Gasteiger partial charge is 0.182 e. The molecule has 1 aromatic carbocycles. The number of aromatic hydroxyl groups is 1. The van der Waals surface area contributed by atoms with Gasteiger partial charge in [0, 0.05) is 35.3 Å². The number of carbonyl (C=O) groups is 1. The number of nitrogens with one attached hydrogen (secondary N) is 1. The predicted octanol–water partition coefficient (Wildman–Crippen LogP) is 2.30. The molecule has 0 bridgehead atoms. The van der Waals surface area contributed by atoms with Gasteiger partial charge < -0.3 is 15.6 Å². The number of likely N-dealkylation sites (tertiary alicyclic amines) is 1. The van der Waals surface area contributed by atoms with Gasteiger partial charge >= 0.3 is 0 Å². The number of phenolic OH excluding ortho intramolecular Hbond substituents is 1. The van der Waals surface area contributed by atoms with Crippen LogP contribution in [-0.4, -0.2) is 50.1 Å². The number of benzene rings is 1. The van der Waals surface area contributed by atoms with Gasteiger partial charge in [-0.3, -0.25) is 10.00 Å². The maximum Gasteiger partial charge on any atom is 0.182 e. The molecule has 0 amide bonds. The lowest BCUT2D eigenvalue weighted by atomic mass is 9.99. The van der Waals surface area contributed by atoms with E-state index in [1.54, 1.807) is 24.3 Å². The third kappa shape index (κ3) is 3.20. The minimum absolute atomic E-state index is 0.195. The van der Waals surface area contributed by atoms with Gasteiger partial charge in [0.1, 0.15) is 12.0 Å². The summed E-state index contributed by atoms with van der Waals surface area (Å²) >= 11 is 0. The van der Waals surface area contributed by atoms with Gasteiger partial charge in [-0.2, -0.15) is 5.10 Å². The molecule has 0 aliphatic carbocycles. The number of nitrogens with zero attached hydrogens (tertiary/aromatic N) is 3. The molecule has 2 atom stereocenters. The van der Waals surface area contributed by atoms with Crippen LogP contribution in [-0.2, 0) is 4.79 Å². The summed E-state index contributed by atoms with van der Waals surface area (Å²) in [5, 5.41) is 17.7. The van der Waals surface area contributed by atoms with E-state index < -0.39 is 6.04 Å². The number of hydrogen-bond donors (Lipinski definition) is 3. The molecule has 0 spiro atoms. The molecule has 4 rings (SSSR count). The number of H-pyrrole nitrogens is 1. The predicted molar refractivity (Wildman–Crippen MR) is 103 cm³/mol. The van der Waals surface area contributed by atoms with Crippen LogP contribution in [0.4, 0.5) is 0 Å². The van der Waals surface area contributed by atoms with Crippen LogP contribution in [0.3, 0.4) is 0 Å². The molecule has 3 heterocycles. The number of pyridine rings is 1. The van der Waals surface area contributed by atoms with Crippen molar-refractivity contribution in [3.63, 3.8) is 0 Å². The van der Waals surface area contributed by atoms with Crippen molar-refractivity contribution in [2.45, 2.75) is 31.8 Å². The van der Waals surface area contributed by atoms with Crippen molar-refractivity contribution in [1.82, 2.24) is 20.1 Å². The van der Waals surface area contributed by atoms with Gasteiger partial charge in [0.25, 0.3) is 0 Å². The van der Waals surface area contributed by atoms with E-state index in [-0.39, 0.29) is 11.3 Å². The standard InChI is InChI=1S/C20H23N5O2/c1-12-18-15(17(10-26)25-8-7-20(2,21)11-25)9-16(22-19(18)24-23-12)13-3-5-14(27)6-4-13/h3-6,9-10,17,27H,7-8,11,21H2,1-2H3,(H,22,23,24). The Balaban J connectivity index is 1.86. The third-order valence-corrected chi connectivity index (χ3v) is 5.27. The molecule has 1 fully saturated rings. The van der Waals surface area contributed by atoms with E-state index in [9.17, 15) is 9.90 Å². The average molecular weight is 365 g/mol. The van der Waals surface area contributed by atoms with Crippen molar-refractivity contribution in [3.8, 4) is 17.0 Å². The fourth-order valence-electron chi connectivity index (χ4n) is 3.84. The monoisotopic (exact) mass is 365 g/mol. The van der Waals surface area contributed by atoms with Crippen molar-refractivity contribution in [2.24, 2.45) is 5.73 Å². The first-order chi connectivity index (χ1) is 12.9. The van der Waals surface area contributed by atoms with Crippen LogP contribution in [0.2, 0.25) is 0 Å². The highest BCUT2D eigenvalue weighted by Crippen LogP contribution is 2.34. The van der Waals surface area contributed by atoms with Crippen LogP contribution in [0.25, 0.3) is 22.3 Å². The number of aromatic amines is 1. The minimum Gasteiger partial charge on any atom is -0.508 e. The molecule has 4 N–H and O–H groups in total. The van der Waals surface area contributed by atoms with Crippen molar-refractivity contribution in [3.05, 3.63) is 41.6 Å². The molecule has 27 heavy (non-hydrogen) atoms. The summed E-state index contributed by atoms with van der Waals surface area (Å²) in [6, 6.07) is 8.38. The normalized spacial score (nSPS) is 21.6. The van der Waals surface area contributed by atoms with Gasteiger partial charge in [0.2, 0.25) is 0 Å². The maximum atomic E-state index is 12.1. The number of aromatic nitrogens is 3. The number of phenols is 1. The number of rotatable bonds is 4. The van der Waals surface area contributed by atoms with Gasteiger partial charge in [-0.15, -0.1) is 0 Å². The van der Waals surface area contributed by atoms with Crippen molar-refractivity contribution in [2.75, 3.05) is 13.1 Å². The molecule has 2 unspecified atom stereocenters. The Hall–Kier alpha value is -2.77. The van der Waals surface area contributed by atoms with Crippen LogP contribution in [0, 0.1) is 6.92 Å². The Bertz CT molecular complexity index is 994. The maximum absolute atomic E-state index is 12.1. The highest BCUT2D eigenvalue weighted by molar-refractivity contribution is 5.88. The Labute approximate surface area is 157 Å². The number of fused-ring (bicyclic) bond motifs is 1. The van der Waals surface area contributed by atoms with E-state index in [2.05, 4.69) is 20.1 Å². The zero-order valence-electron chi connectivity index (χ0n) is 15.4. The number of aryl methyl sites for hydroxylation is 1. The highest BCUT2D eigenvalue weighted by Gasteiger charge is 2.35. The number of carbonyl (C=O) groups excluding carboxylic acids is 1. The van der Waals surface area contributed by atoms with Crippen molar-refractivity contribution >= 4 is 17.3 Å². The molecule has 1 aliphatic heterocycles. The Morgan fingerprint density at radius 3 is 2.74 bits per heavy atom. The number of nitrogens with two attached hydrogens (primary N) is 1. The van der Waals surface area contributed by atoms with Crippen LogP contribution in [0.5, 0.6) is 5.75 Å². The lowest BCUT2D eigenvalue weighted by molar-refractivity contribution is -0.112. The summed E-state index contributed by atoms with van der Waals surface area (Å²) in [4.78, 5) is 18.9. The van der Waals surface area contributed by atoms with E-state index in [1.165, 1.54) is 0 Å². The summed E-state index contributed by atoms with van der Waals surface area (Å²) in [6.45, 7) is 5.37. The molecule has 7 heteroatoms. The molecule has 3 aromatic rings. The lowest BCUT2D eigenvalue weighted by Gasteiger charge is -2.26. The van der Waals surface area contributed by atoms with E-state index in [1.807, 2.05) is 19.9 Å². The topological polar surface area (TPSA) is 108 Å². The molecule has 1 aliphatic rings. The van der Waals surface area contributed by atoms with Gasteiger partial charge in [-0.1, -0.05) is 0 Å². The molecule has 0 saturated carbocycles. The summed E-state index contributed by atoms with van der Waals surface area (Å²) in [5.41, 5.74) is 9.89. The second-order valence-corrected chi connectivity index (χ2v) is 7.65.